The summed E-state index contributed by atoms with van der Waals surface area (Å²) in [6.07, 6.45) is 4.17. The predicted molar refractivity (Wildman–Crippen MR) is 127 cm³/mol. The predicted octanol–water partition coefficient (Wildman–Crippen LogP) is 4.72. The van der Waals surface area contributed by atoms with Crippen molar-refractivity contribution in [1.82, 2.24) is 20.1 Å². The molecule has 2 aromatic carbocycles. The molecule has 0 spiro atoms. The molecule has 0 bridgehead atoms. The van der Waals surface area contributed by atoms with Gasteiger partial charge in [0.15, 0.2) is 5.69 Å². The van der Waals surface area contributed by atoms with Crippen molar-refractivity contribution in [3.05, 3.63) is 59.4 Å². The number of thiazole rings is 1. The molecule has 0 atom stereocenters. The Hall–Kier alpha value is -3.23. The number of hydrogen-bond donors (Lipinski definition) is 2. The van der Waals surface area contributed by atoms with Crippen LogP contribution in [0.25, 0.3) is 21.3 Å². The summed E-state index contributed by atoms with van der Waals surface area (Å²) in [5.41, 5.74) is 2.92. The molecule has 1 saturated heterocycles. The van der Waals surface area contributed by atoms with E-state index < -0.39 is 0 Å². The van der Waals surface area contributed by atoms with Gasteiger partial charge >= 0.3 is 0 Å². The summed E-state index contributed by atoms with van der Waals surface area (Å²) < 4.78 is 6.09. The Labute approximate surface area is 190 Å². The van der Waals surface area contributed by atoms with Gasteiger partial charge in [0.2, 0.25) is 0 Å². The van der Waals surface area contributed by atoms with Crippen molar-refractivity contribution >= 4 is 33.8 Å². The van der Waals surface area contributed by atoms with Gasteiger partial charge in [-0.05, 0) is 68.8 Å². The molecule has 164 valence electrons. The van der Waals surface area contributed by atoms with Crippen molar-refractivity contribution in [3.8, 4) is 16.2 Å². The van der Waals surface area contributed by atoms with Gasteiger partial charge < -0.3 is 15.0 Å². The zero-order valence-electron chi connectivity index (χ0n) is 18.1. The highest BCUT2D eigenvalue weighted by Crippen LogP contribution is 2.29. The Kier molecular flexibility index (Phi) is 5.63. The average Bonchev–Trinajstić information content (AvgIpc) is 3.42. The third kappa shape index (κ3) is 4.37. The lowest BCUT2D eigenvalue weighted by Crippen LogP contribution is -2.35. The van der Waals surface area contributed by atoms with Crippen LogP contribution in [-0.2, 0) is 0 Å². The third-order valence-corrected chi connectivity index (χ3v) is 6.73. The van der Waals surface area contributed by atoms with E-state index in [0.717, 1.165) is 58.0 Å². The van der Waals surface area contributed by atoms with Crippen molar-refractivity contribution < 1.29 is 9.53 Å². The summed E-state index contributed by atoms with van der Waals surface area (Å²) in [7, 11) is 2.14. The van der Waals surface area contributed by atoms with Crippen LogP contribution >= 0.6 is 11.3 Å². The topological polar surface area (TPSA) is 83.1 Å². The third-order valence-electron chi connectivity index (χ3n) is 5.76. The first kappa shape index (κ1) is 20.7. The van der Waals surface area contributed by atoms with E-state index in [-0.39, 0.29) is 12.0 Å². The monoisotopic (exact) mass is 447 g/mol. The highest BCUT2D eigenvalue weighted by atomic mass is 32.1. The van der Waals surface area contributed by atoms with Crippen LogP contribution in [-0.4, -0.2) is 52.2 Å². The molecule has 1 amide bonds. The molecule has 7 nitrogen and oxygen atoms in total. The fraction of sp³-hybridized carbons (Fsp3) is 0.292. The molecule has 5 rings (SSSR count). The summed E-state index contributed by atoms with van der Waals surface area (Å²) in [6, 6.07) is 13.5. The Morgan fingerprint density at radius 1 is 1.19 bits per heavy atom. The van der Waals surface area contributed by atoms with Crippen molar-refractivity contribution in [1.29, 1.82) is 0 Å². The Bertz CT molecular complexity index is 1240. The number of rotatable bonds is 5. The van der Waals surface area contributed by atoms with Crippen molar-refractivity contribution in [2.45, 2.75) is 25.9 Å². The standard InChI is InChI=1S/C24H25N5O2S/c1-15-25-14-22(32-15)16-3-8-21-20(13-16)23(28-27-21)24(30)26-17-4-6-18(7-5-17)31-19-9-11-29(2)12-10-19/h3-8,13-14,19H,9-12H2,1-2H3,(H,26,30)(H,27,28). The number of piperidine rings is 1. The first-order chi connectivity index (χ1) is 15.5. The summed E-state index contributed by atoms with van der Waals surface area (Å²) in [5.74, 6) is 0.574. The van der Waals surface area contributed by atoms with Gasteiger partial charge in [0, 0.05) is 30.4 Å². The lowest BCUT2D eigenvalue weighted by molar-refractivity contribution is 0.102. The van der Waals surface area contributed by atoms with Crippen molar-refractivity contribution in [2.24, 2.45) is 0 Å². The van der Waals surface area contributed by atoms with E-state index >= 15 is 0 Å². The average molecular weight is 448 g/mol. The number of aryl methyl sites for hydroxylation is 1. The number of benzene rings is 2. The second-order valence-corrected chi connectivity index (χ2v) is 9.41. The lowest BCUT2D eigenvalue weighted by Gasteiger charge is -2.29. The first-order valence-corrected chi connectivity index (χ1v) is 11.5. The van der Waals surface area contributed by atoms with Gasteiger partial charge in [0.25, 0.3) is 5.91 Å². The lowest BCUT2D eigenvalue weighted by atomic mass is 10.1. The molecule has 3 heterocycles. The largest absolute Gasteiger partial charge is 0.490 e. The van der Waals surface area contributed by atoms with E-state index in [2.05, 4.69) is 32.4 Å². The quantitative estimate of drug-likeness (QED) is 0.463. The smallest absolute Gasteiger partial charge is 0.276 e. The first-order valence-electron chi connectivity index (χ1n) is 10.7. The molecule has 0 aliphatic carbocycles. The van der Waals surface area contributed by atoms with Crippen LogP contribution in [0.15, 0.2) is 48.7 Å². The molecule has 1 aliphatic rings. The van der Waals surface area contributed by atoms with E-state index in [0.29, 0.717) is 11.4 Å². The number of carbonyl (C=O) groups is 1. The molecule has 0 unspecified atom stereocenters. The van der Waals surface area contributed by atoms with Gasteiger partial charge in [-0.25, -0.2) is 4.98 Å². The summed E-state index contributed by atoms with van der Waals surface area (Å²) in [4.78, 5) is 20.6. The van der Waals surface area contributed by atoms with Gasteiger partial charge in [0.1, 0.15) is 11.9 Å². The molecular weight excluding hydrogens is 422 g/mol. The fourth-order valence-corrected chi connectivity index (χ4v) is 4.71. The number of carbonyl (C=O) groups excluding carboxylic acids is 1. The number of fused-ring (bicyclic) bond motifs is 1. The minimum atomic E-state index is -0.252. The van der Waals surface area contributed by atoms with Gasteiger partial charge in [-0.15, -0.1) is 11.3 Å². The molecule has 4 aromatic rings. The highest BCUT2D eigenvalue weighted by Gasteiger charge is 2.19. The molecule has 2 N–H and O–H groups in total. The van der Waals surface area contributed by atoms with Crippen LogP contribution in [0.3, 0.4) is 0 Å². The van der Waals surface area contributed by atoms with Crippen LogP contribution in [0.1, 0.15) is 28.3 Å². The summed E-state index contributed by atoms with van der Waals surface area (Å²) in [5, 5.41) is 11.9. The zero-order chi connectivity index (χ0) is 22.1. The Balaban J connectivity index is 1.29. The molecule has 32 heavy (non-hydrogen) atoms. The number of nitrogens with zero attached hydrogens (tertiary/aromatic N) is 3. The van der Waals surface area contributed by atoms with E-state index in [1.54, 1.807) is 11.3 Å². The van der Waals surface area contributed by atoms with Gasteiger partial charge in [0.05, 0.1) is 15.4 Å². The number of nitrogens with one attached hydrogen (secondary N) is 2. The number of aromatic amines is 1. The summed E-state index contributed by atoms with van der Waals surface area (Å²) in [6.45, 7) is 4.09. The Morgan fingerprint density at radius 2 is 1.97 bits per heavy atom. The number of hydrogen-bond acceptors (Lipinski definition) is 6. The minimum absolute atomic E-state index is 0.249. The Morgan fingerprint density at radius 3 is 2.69 bits per heavy atom. The zero-order valence-corrected chi connectivity index (χ0v) is 18.9. The van der Waals surface area contributed by atoms with Gasteiger partial charge in [-0.1, -0.05) is 6.07 Å². The maximum absolute atomic E-state index is 12.9. The fourth-order valence-electron chi connectivity index (χ4n) is 3.94. The van der Waals surface area contributed by atoms with Crippen LogP contribution < -0.4 is 10.1 Å². The number of likely N-dealkylation sites (tertiary alicyclic amines) is 1. The van der Waals surface area contributed by atoms with Crippen LogP contribution in [0, 0.1) is 6.92 Å². The highest BCUT2D eigenvalue weighted by molar-refractivity contribution is 7.15. The van der Waals surface area contributed by atoms with Gasteiger partial charge in [-0.2, -0.15) is 5.10 Å². The van der Waals surface area contributed by atoms with Crippen LogP contribution in [0.2, 0.25) is 0 Å². The second-order valence-electron chi connectivity index (χ2n) is 8.18. The second kappa shape index (κ2) is 8.72. The van der Waals surface area contributed by atoms with Crippen molar-refractivity contribution in [2.75, 3.05) is 25.5 Å². The minimum Gasteiger partial charge on any atom is -0.490 e. The van der Waals surface area contributed by atoms with E-state index in [4.69, 9.17) is 4.74 Å². The maximum atomic E-state index is 12.9. The molecule has 1 fully saturated rings. The molecule has 8 heteroatoms. The number of ether oxygens (including phenoxy) is 1. The van der Waals surface area contributed by atoms with Crippen molar-refractivity contribution in [3.63, 3.8) is 0 Å². The van der Waals surface area contributed by atoms with Crippen LogP contribution in [0.4, 0.5) is 5.69 Å². The number of anilines is 1. The molecule has 2 aromatic heterocycles. The summed E-state index contributed by atoms with van der Waals surface area (Å²) >= 11 is 1.63. The van der Waals surface area contributed by atoms with Gasteiger partial charge in [-0.3, -0.25) is 9.89 Å². The van der Waals surface area contributed by atoms with E-state index in [9.17, 15) is 4.79 Å². The van der Waals surface area contributed by atoms with E-state index in [1.165, 1.54) is 0 Å². The SMILES string of the molecule is Cc1ncc(-c2ccc3[nH]nc(C(=O)Nc4ccc(OC5CCN(C)CC5)cc4)c3c2)s1. The van der Waals surface area contributed by atoms with E-state index in [1.807, 2.05) is 55.6 Å². The normalized spacial score (nSPS) is 15.2. The molecule has 1 aliphatic heterocycles. The molecular formula is C24H25N5O2S. The molecule has 0 radical (unpaired) electrons. The van der Waals surface area contributed by atoms with Crippen LogP contribution in [0.5, 0.6) is 5.75 Å². The number of H-pyrrole nitrogens is 1. The molecule has 0 saturated carbocycles. The number of amides is 1. The number of aromatic nitrogens is 3. The maximum Gasteiger partial charge on any atom is 0.276 e.